The number of hydrogen-bond acceptors (Lipinski definition) is 3. The van der Waals surface area contributed by atoms with Gasteiger partial charge in [0.2, 0.25) is 0 Å². The normalized spacial score (nSPS) is 15.4. The number of carbonyl (C=O) groups is 2. The van der Waals surface area contributed by atoms with E-state index in [-0.39, 0.29) is 11.7 Å². The highest BCUT2D eigenvalue weighted by atomic mass is 16.5. The molecule has 0 radical (unpaired) electrons. The SMILES string of the molecule is Cc1ccc(NC(=O)c2ccc3c(c2)C(=O)CC(C)(C)O3)c(C)c1. The fourth-order valence-electron chi connectivity index (χ4n) is 2.94. The second-order valence-electron chi connectivity index (χ2n) is 6.95. The van der Waals surface area contributed by atoms with Crippen molar-refractivity contribution in [2.24, 2.45) is 0 Å². The average molecular weight is 323 g/mol. The van der Waals surface area contributed by atoms with Gasteiger partial charge in [0.25, 0.3) is 5.91 Å². The first kappa shape index (κ1) is 16.2. The number of ketones is 1. The molecule has 0 bridgehead atoms. The number of ether oxygens (including phenoxy) is 1. The maximum atomic E-state index is 12.5. The molecule has 124 valence electrons. The summed E-state index contributed by atoms with van der Waals surface area (Å²) < 4.78 is 5.82. The monoisotopic (exact) mass is 323 g/mol. The van der Waals surface area contributed by atoms with Crippen LogP contribution in [0.15, 0.2) is 36.4 Å². The third kappa shape index (κ3) is 3.18. The van der Waals surface area contributed by atoms with Gasteiger partial charge in [-0.15, -0.1) is 0 Å². The van der Waals surface area contributed by atoms with Gasteiger partial charge in [-0.05, 0) is 57.5 Å². The van der Waals surface area contributed by atoms with Crippen LogP contribution in [0.3, 0.4) is 0 Å². The van der Waals surface area contributed by atoms with E-state index in [0.717, 1.165) is 16.8 Å². The Labute approximate surface area is 141 Å². The van der Waals surface area contributed by atoms with E-state index in [1.54, 1.807) is 18.2 Å². The molecule has 0 saturated carbocycles. The van der Waals surface area contributed by atoms with Crippen molar-refractivity contribution in [3.8, 4) is 5.75 Å². The first-order chi connectivity index (χ1) is 11.2. The van der Waals surface area contributed by atoms with E-state index >= 15 is 0 Å². The zero-order valence-corrected chi connectivity index (χ0v) is 14.4. The molecule has 2 aromatic carbocycles. The fourth-order valence-corrected chi connectivity index (χ4v) is 2.94. The number of nitrogens with one attached hydrogen (secondary N) is 1. The van der Waals surface area contributed by atoms with Gasteiger partial charge in [0, 0.05) is 11.3 Å². The zero-order chi connectivity index (χ0) is 17.5. The molecule has 1 amide bonds. The molecular formula is C20H21NO3. The molecule has 1 aliphatic rings. The van der Waals surface area contributed by atoms with Gasteiger partial charge in [-0.1, -0.05) is 17.7 Å². The van der Waals surface area contributed by atoms with Crippen LogP contribution in [0.5, 0.6) is 5.75 Å². The van der Waals surface area contributed by atoms with Gasteiger partial charge >= 0.3 is 0 Å². The van der Waals surface area contributed by atoms with Crippen molar-refractivity contribution >= 4 is 17.4 Å². The Balaban J connectivity index is 1.87. The molecule has 0 fully saturated rings. The molecule has 1 N–H and O–H groups in total. The molecule has 0 aliphatic carbocycles. The quantitative estimate of drug-likeness (QED) is 0.896. The van der Waals surface area contributed by atoms with Gasteiger partial charge in [-0.3, -0.25) is 9.59 Å². The lowest BCUT2D eigenvalue weighted by Gasteiger charge is -2.31. The van der Waals surface area contributed by atoms with E-state index in [2.05, 4.69) is 5.32 Å². The molecule has 0 spiro atoms. The predicted octanol–water partition coefficient (Wildman–Crippen LogP) is 4.30. The summed E-state index contributed by atoms with van der Waals surface area (Å²) in [4.78, 5) is 24.8. The standard InChI is InChI=1S/C20H21NO3/c1-12-5-7-16(13(2)9-12)21-19(23)14-6-8-18-15(10-14)17(22)11-20(3,4)24-18/h5-10H,11H2,1-4H3,(H,21,23). The van der Waals surface area contributed by atoms with Crippen molar-refractivity contribution in [3.63, 3.8) is 0 Å². The van der Waals surface area contributed by atoms with Gasteiger partial charge in [-0.2, -0.15) is 0 Å². The highest BCUT2D eigenvalue weighted by Crippen LogP contribution is 2.33. The number of hydrogen-bond donors (Lipinski definition) is 1. The zero-order valence-electron chi connectivity index (χ0n) is 14.4. The molecule has 1 aliphatic heterocycles. The third-order valence-electron chi connectivity index (χ3n) is 4.14. The summed E-state index contributed by atoms with van der Waals surface area (Å²) in [6.45, 7) is 7.73. The second-order valence-corrected chi connectivity index (χ2v) is 6.95. The van der Waals surface area contributed by atoms with Crippen LogP contribution in [0.4, 0.5) is 5.69 Å². The fraction of sp³-hybridized carbons (Fsp3) is 0.300. The smallest absolute Gasteiger partial charge is 0.255 e. The van der Waals surface area contributed by atoms with E-state index in [0.29, 0.717) is 23.3 Å². The van der Waals surface area contributed by atoms with Gasteiger partial charge in [0.1, 0.15) is 11.4 Å². The molecule has 3 rings (SSSR count). The Hall–Kier alpha value is -2.62. The number of anilines is 1. The number of carbonyl (C=O) groups excluding carboxylic acids is 2. The van der Waals surface area contributed by atoms with E-state index in [4.69, 9.17) is 4.74 Å². The van der Waals surface area contributed by atoms with Crippen molar-refractivity contribution in [1.82, 2.24) is 0 Å². The molecular weight excluding hydrogens is 302 g/mol. The van der Waals surface area contributed by atoms with E-state index in [1.165, 1.54) is 0 Å². The van der Waals surface area contributed by atoms with E-state index in [1.807, 2.05) is 45.9 Å². The maximum Gasteiger partial charge on any atom is 0.255 e. The molecule has 4 nitrogen and oxygen atoms in total. The van der Waals surface area contributed by atoms with Crippen LogP contribution in [0.1, 0.15) is 52.1 Å². The minimum atomic E-state index is -0.507. The van der Waals surface area contributed by atoms with Gasteiger partial charge in [-0.25, -0.2) is 0 Å². The van der Waals surface area contributed by atoms with Gasteiger partial charge < -0.3 is 10.1 Å². The largest absolute Gasteiger partial charge is 0.487 e. The van der Waals surface area contributed by atoms with Crippen LogP contribution >= 0.6 is 0 Å². The molecule has 4 heteroatoms. The molecule has 0 saturated heterocycles. The molecule has 1 heterocycles. The number of aryl methyl sites for hydroxylation is 2. The van der Waals surface area contributed by atoms with Crippen molar-refractivity contribution in [1.29, 1.82) is 0 Å². The Kier molecular flexibility index (Phi) is 3.91. The van der Waals surface area contributed by atoms with Crippen LogP contribution in [0.2, 0.25) is 0 Å². The number of rotatable bonds is 2. The topological polar surface area (TPSA) is 55.4 Å². The Morgan fingerprint density at radius 1 is 1.12 bits per heavy atom. The molecule has 2 aromatic rings. The average Bonchev–Trinajstić information content (AvgIpc) is 2.48. The van der Waals surface area contributed by atoms with Crippen LogP contribution in [-0.4, -0.2) is 17.3 Å². The number of Topliss-reactive ketones (excluding diaryl/α,β-unsaturated/α-hetero) is 1. The Morgan fingerprint density at radius 3 is 2.58 bits per heavy atom. The van der Waals surface area contributed by atoms with E-state index in [9.17, 15) is 9.59 Å². The second kappa shape index (κ2) is 5.78. The highest BCUT2D eigenvalue weighted by Gasteiger charge is 2.32. The lowest BCUT2D eigenvalue weighted by Crippen LogP contribution is -2.36. The lowest BCUT2D eigenvalue weighted by molar-refractivity contribution is 0.0620. The summed E-state index contributed by atoms with van der Waals surface area (Å²) in [5, 5.41) is 2.90. The molecule has 0 atom stereocenters. The molecule has 0 unspecified atom stereocenters. The minimum Gasteiger partial charge on any atom is -0.487 e. The third-order valence-corrected chi connectivity index (χ3v) is 4.14. The highest BCUT2D eigenvalue weighted by molar-refractivity contribution is 6.08. The van der Waals surface area contributed by atoms with E-state index < -0.39 is 5.60 Å². The van der Waals surface area contributed by atoms with Gasteiger partial charge in [0.05, 0.1) is 12.0 Å². The minimum absolute atomic E-state index is 0.00224. The Morgan fingerprint density at radius 2 is 1.88 bits per heavy atom. The number of fused-ring (bicyclic) bond motifs is 1. The molecule has 24 heavy (non-hydrogen) atoms. The first-order valence-electron chi connectivity index (χ1n) is 8.00. The number of amides is 1. The first-order valence-corrected chi connectivity index (χ1v) is 8.00. The molecule has 0 aromatic heterocycles. The van der Waals surface area contributed by atoms with Crippen LogP contribution in [0, 0.1) is 13.8 Å². The summed E-state index contributed by atoms with van der Waals surface area (Å²) in [6, 6.07) is 10.9. The summed E-state index contributed by atoms with van der Waals surface area (Å²) in [5.74, 6) is 0.309. The Bertz CT molecular complexity index is 837. The summed E-state index contributed by atoms with van der Waals surface area (Å²) in [5.41, 5.74) is 3.33. The van der Waals surface area contributed by atoms with Crippen LogP contribution < -0.4 is 10.1 Å². The van der Waals surface area contributed by atoms with Crippen LogP contribution in [0.25, 0.3) is 0 Å². The lowest BCUT2D eigenvalue weighted by atomic mass is 9.92. The van der Waals surface area contributed by atoms with Crippen molar-refractivity contribution in [2.75, 3.05) is 5.32 Å². The van der Waals surface area contributed by atoms with Gasteiger partial charge in [0.15, 0.2) is 5.78 Å². The van der Waals surface area contributed by atoms with Crippen molar-refractivity contribution in [3.05, 3.63) is 58.7 Å². The maximum absolute atomic E-state index is 12.5. The number of benzene rings is 2. The summed E-state index contributed by atoms with van der Waals surface area (Å²) >= 11 is 0. The predicted molar refractivity (Wildman–Crippen MR) is 94.0 cm³/mol. The van der Waals surface area contributed by atoms with Crippen molar-refractivity contribution < 1.29 is 14.3 Å². The van der Waals surface area contributed by atoms with Crippen molar-refractivity contribution in [2.45, 2.75) is 39.7 Å². The summed E-state index contributed by atoms with van der Waals surface area (Å²) in [7, 11) is 0. The summed E-state index contributed by atoms with van der Waals surface area (Å²) in [6.07, 6.45) is 0.308. The van der Waals surface area contributed by atoms with Crippen LogP contribution in [-0.2, 0) is 0 Å².